The van der Waals surface area contributed by atoms with E-state index in [1.165, 1.54) is 11.1 Å². The standard InChI is InChI=1S/C19H22N2OS/c1-13(2)11-22-18-10-6-7-15(14(18)3)12-23-19-20-16-8-4-5-9-17(16)21-19/h4-10,13H,11-12H2,1-3H3,(H,20,21). The number of nitrogens with zero attached hydrogens (tertiary/aromatic N) is 1. The summed E-state index contributed by atoms with van der Waals surface area (Å²) in [7, 11) is 0. The number of hydrogen-bond acceptors (Lipinski definition) is 3. The molecule has 120 valence electrons. The van der Waals surface area contributed by atoms with E-state index in [4.69, 9.17) is 4.74 Å². The van der Waals surface area contributed by atoms with E-state index in [1.807, 2.05) is 24.3 Å². The summed E-state index contributed by atoms with van der Waals surface area (Å²) in [6, 6.07) is 14.4. The summed E-state index contributed by atoms with van der Waals surface area (Å²) in [5, 5.41) is 0.958. The second kappa shape index (κ2) is 7.09. The second-order valence-corrected chi connectivity index (χ2v) is 7.06. The van der Waals surface area contributed by atoms with Gasteiger partial charge in [0.2, 0.25) is 0 Å². The van der Waals surface area contributed by atoms with Crippen molar-refractivity contribution in [3.05, 3.63) is 53.6 Å². The van der Waals surface area contributed by atoms with Crippen molar-refractivity contribution in [3.63, 3.8) is 0 Å². The lowest BCUT2D eigenvalue weighted by Crippen LogP contribution is -2.06. The molecule has 3 aromatic rings. The molecule has 3 rings (SSSR count). The van der Waals surface area contributed by atoms with E-state index in [0.29, 0.717) is 5.92 Å². The predicted molar refractivity (Wildman–Crippen MR) is 97.2 cm³/mol. The summed E-state index contributed by atoms with van der Waals surface area (Å²) >= 11 is 1.72. The lowest BCUT2D eigenvalue weighted by molar-refractivity contribution is 0.269. The monoisotopic (exact) mass is 326 g/mol. The van der Waals surface area contributed by atoms with Crippen LogP contribution in [-0.4, -0.2) is 16.6 Å². The molecule has 0 aliphatic heterocycles. The summed E-state index contributed by atoms with van der Waals surface area (Å²) in [5.74, 6) is 2.40. The Balaban J connectivity index is 1.71. The van der Waals surface area contributed by atoms with Crippen LogP contribution in [0.25, 0.3) is 11.0 Å². The zero-order valence-electron chi connectivity index (χ0n) is 13.8. The Morgan fingerprint density at radius 3 is 2.74 bits per heavy atom. The summed E-state index contributed by atoms with van der Waals surface area (Å²) in [6.45, 7) is 7.21. The summed E-state index contributed by atoms with van der Waals surface area (Å²) in [5.41, 5.74) is 4.61. The van der Waals surface area contributed by atoms with Gasteiger partial charge in [0, 0.05) is 5.75 Å². The van der Waals surface area contributed by atoms with Crippen LogP contribution < -0.4 is 4.74 Å². The summed E-state index contributed by atoms with van der Waals surface area (Å²) in [6.07, 6.45) is 0. The Morgan fingerprint density at radius 2 is 1.96 bits per heavy atom. The van der Waals surface area contributed by atoms with Crippen LogP contribution in [0.4, 0.5) is 0 Å². The molecule has 0 saturated carbocycles. The first kappa shape index (κ1) is 15.9. The molecule has 1 aromatic heterocycles. The number of thioether (sulfide) groups is 1. The van der Waals surface area contributed by atoms with Crippen LogP contribution in [0.5, 0.6) is 5.75 Å². The van der Waals surface area contributed by atoms with Crippen molar-refractivity contribution in [2.24, 2.45) is 5.92 Å². The van der Waals surface area contributed by atoms with Crippen molar-refractivity contribution >= 4 is 22.8 Å². The molecule has 0 amide bonds. The first-order valence-electron chi connectivity index (χ1n) is 7.92. The van der Waals surface area contributed by atoms with Gasteiger partial charge in [-0.05, 0) is 42.2 Å². The fraction of sp³-hybridized carbons (Fsp3) is 0.316. The first-order valence-corrected chi connectivity index (χ1v) is 8.91. The van der Waals surface area contributed by atoms with E-state index >= 15 is 0 Å². The lowest BCUT2D eigenvalue weighted by Gasteiger charge is -2.13. The Hall–Kier alpha value is -1.94. The number of ether oxygens (including phenoxy) is 1. The number of aromatic amines is 1. The van der Waals surface area contributed by atoms with E-state index in [2.05, 4.69) is 48.9 Å². The van der Waals surface area contributed by atoms with E-state index in [9.17, 15) is 0 Å². The highest BCUT2D eigenvalue weighted by molar-refractivity contribution is 7.98. The minimum atomic E-state index is 0.531. The van der Waals surface area contributed by atoms with Gasteiger partial charge < -0.3 is 9.72 Å². The van der Waals surface area contributed by atoms with Gasteiger partial charge in [-0.15, -0.1) is 0 Å². The smallest absolute Gasteiger partial charge is 0.166 e. The average Bonchev–Trinajstić information content (AvgIpc) is 2.95. The number of aromatic nitrogens is 2. The minimum absolute atomic E-state index is 0.531. The molecular formula is C19H22N2OS. The molecule has 2 aromatic carbocycles. The maximum Gasteiger partial charge on any atom is 0.166 e. The Morgan fingerprint density at radius 1 is 1.13 bits per heavy atom. The van der Waals surface area contributed by atoms with Gasteiger partial charge in [0.15, 0.2) is 5.16 Å². The van der Waals surface area contributed by atoms with Crippen molar-refractivity contribution in [2.45, 2.75) is 31.7 Å². The normalized spacial score (nSPS) is 11.3. The highest BCUT2D eigenvalue weighted by atomic mass is 32.2. The van der Waals surface area contributed by atoms with Gasteiger partial charge in [-0.1, -0.05) is 49.9 Å². The molecule has 0 bridgehead atoms. The van der Waals surface area contributed by atoms with Gasteiger partial charge in [0.1, 0.15) is 5.75 Å². The average molecular weight is 326 g/mol. The number of imidazole rings is 1. The topological polar surface area (TPSA) is 37.9 Å². The number of para-hydroxylation sites is 2. The third-order valence-electron chi connectivity index (χ3n) is 3.70. The van der Waals surface area contributed by atoms with E-state index in [0.717, 1.165) is 34.3 Å². The van der Waals surface area contributed by atoms with E-state index in [-0.39, 0.29) is 0 Å². The number of hydrogen-bond donors (Lipinski definition) is 1. The zero-order chi connectivity index (χ0) is 16.2. The number of benzene rings is 2. The predicted octanol–water partition coefficient (Wildman–Crippen LogP) is 5.20. The van der Waals surface area contributed by atoms with Gasteiger partial charge in [-0.2, -0.15) is 0 Å². The van der Waals surface area contributed by atoms with Crippen molar-refractivity contribution in [3.8, 4) is 5.75 Å². The molecule has 1 N–H and O–H groups in total. The van der Waals surface area contributed by atoms with Gasteiger partial charge in [-0.3, -0.25) is 0 Å². The number of rotatable bonds is 6. The molecule has 0 aliphatic carbocycles. The number of nitrogens with one attached hydrogen (secondary N) is 1. The molecule has 0 saturated heterocycles. The number of fused-ring (bicyclic) bond motifs is 1. The molecule has 23 heavy (non-hydrogen) atoms. The van der Waals surface area contributed by atoms with Crippen molar-refractivity contribution in [2.75, 3.05) is 6.61 Å². The van der Waals surface area contributed by atoms with E-state index < -0.39 is 0 Å². The quantitative estimate of drug-likeness (QED) is 0.633. The van der Waals surface area contributed by atoms with E-state index in [1.54, 1.807) is 11.8 Å². The largest absolute Gasteiger partial charge is 0.493 e. The van der Waals surface area contributed by atoms with Crippen molar-refractivity contribution in [1.82, 2.24) is 9.97 Å². The van der Waals surface area contributed by atoms with Crippen LogP contribution in [0.3, 0.4) is 0 Å². The molecule has 0 unspecified atom stereocenters. The van der Waals surface area contributed by atoms with Gasteiger partial charge in [-0.25, -0.2) is 4.98 Å². The van der Waals surface area contributed by atoms with Crippen LogP contribution in [-0.2, 0) is 5.75 Å². The third kappa shape index (κ3) is 3.88. The number of H-pyrrole nitrogens is 1. The van der Waals surface area contributed by atoms with Crippen molar-refractivity contribution in [1.29, 1.82) is 0 Å². The lowest BCUT2D eigenvalue weighted by atomic mass is 10.1. The van der Waals surface area contributed by atoms with Crippen LogP contribution in [0, 0.1) is 12.8 Å². The first-order chi connectivity index (χ1) is 11.1. The highest BCUT2D eigenvalue weighted by Crippen LogP contribution is 2.28. The highest BCUT2D eigenvalue weighted by Gasteiger charge is 2.08. The molecule has 0 fully saturated rings. The maximum atomic E-state index is 5.91. The van der Waals surface area contributed by atoms with Crippen LogP contribution in [0.15, 0.2) is 47.6 Å². The van der Waals surface area contributed by atoms with Crippen molar-refractivity contribution < 1.29 is 4.74 Å². The molecule has 0 spiro atoms. The minimum Gasteiger partial charge on any atom is -0.493 e. The maximum absolute atomic E-state index is 5.91. The molecule has 1 heterocycles. The Bertz CT molecular complexity index is 762. The van der Waals surface area contributed by atoms with Gasteiger partial charge >= 0.3 is 0 Å². The molecule has 0 aliphatic rings. The molecule has 0 radical (unpaired) electrons. The van der Waals surface area contributed by atoms with Crippen LogP contribution in [0.1, 0.15) is 25.0 Å². The summed E-state index contributed by atoms with van der Waals surface area (Å²) in [4.78, 5) is 7.98. The van der Waals surface area contributed by atoms with Gasteiger partial charge in [0.25, 0.3) is 0 Å². The van der Waals surface area contributed by atoms with Gasteiger partial charge in [0.05, 0.1) is 17.6 Å². The molecule has 4 heteroatoms. The Kier molecular flexibility index (Phi) is 4.91. The fourth-order valence-electron chi connectivity index (χ4n) is 2.37. The van der Waals surface area contributed by atoms with Crippen LogP contribution >= 0.6 is 11.8 Å². The molecular weight excluding hydrogens is 304 g/mol. The van der Waals surface area contributed by atoms with Crippen LogP contribution in [0.2, 0.25) is 0 Å². The zero-order valence-corrected chi connectivity index (χ0v) is 14.6. The molecule has 3 nitrogen and oxygen atoms in total. The second-order valence-electron chi connectivity index (χ2n) is 6.09. The fourth-order valence-corrected chi connectivity index (χ4v) is 3.32. The third-order valence-corrected chi connectivity index (χ3v) is 4.62. The SMILES string of the molecule is Cc1c(CSc2nc3ccccc3[nH]2)cccc1OCC(C)C. The summed E-state index contributed by atoms with van der Waals surface area (Å²) < 4.78 is 5.91. The Labute approximate surface area is 141 Å². The molecule has 0 atom stereocenters.